The number of nitrogens with zero attached hydrogens (tertiary/aromatic N) is 1. The van der Waals surface area contributed by atoms with Gasteiger partial charge in [0.05, 0.1) is 6.04 Å². The Balaban J connectivity index is 2.76. The van der Waals surface area contributed by atoms with Gasteiger partial charge in [-0.15, -0.1) is 0 Å². The molecule has 1 aliphatic rings. The summed E-state index contributed by atoms with van der Waals surface area (Å²) in [6, 6.07) is 0.336. The van der Waals surface area contributed by atoms with Crippen LogP contribution in [-0.4, -0.2) is 12.3 Å². The van der Waals surface area contributed by atoms with E-state index in [1.54, 1.807) is 0 Å². The van der Waals surface area contributed by atoms with Crippen LogP contribution < -0.4 is 0 Å². The normalized spacial score (nSPS) is 23.6. The third kappa shape index (κ3) is 2.34. The molecule has 0 amide bonds. The van der Waals surface area contributed by atoms with Crippen LogP contribution in [0.2, 0.25) is 0 Å². The molecule has 1 atom stereocenters. The van der Waals surface area contributed by atoms with Crippen molar-refractivity contribution in [1.29, 1.82) is 0 Å². The molecule has 1 aliphatic heterocycles. The van der Waals surface area contributed by atoms with Crippen LogP contribution >= 0.6 is 0 Å². The molecule has 1 nitrogen and oxygen atoms in total. The second kappa shape index (κ2) is 3.51. The van der Waals surface area contributed by atoms with Crippen LogP contribution in [0.3, 0.4) is 0 Å². The predicted molar refractivity (Wildman–Crippen MR) is 50.0 cm³/mol. The first-order valence-electron chi connectivity index (χ1n) is 4.11. The van der Waals surface area contributed by atoms with Crippen molar-refractivity contribution in [2.75, 3.05) is 0 Å². The predicted octanol–water partition coefficient (Wildman–Crippen LogP) is 2.60. The smallest absolute Gasteiger partial charge is 0.0654 e. The van der Waals surface area contributed by atoms with E-state index in [-0.39, 0.29) is 0 Å². The minimum atomic E-state index is 0.336. The Morgan fingerprint density at radius 2 is 2.18 bits per heavy atom. The van der Waals surface area contributed by atoms with Crippen molar-refractivity contribution in [3.05, 3.63) is 23.8 Å². The molecule has 0 saturated heterocycles. The van der Waals surface area contributed by atoms with Gasteiger partial charge in [-0.1, -0.05) is 26.0 Å². The van der Waals surface area contributed by atoms with Crippen LogP contribution in [-0.2, 0) is 0 Å². The first kappa shape index (κ1) is 8.25. The summed E-state index contributed by atoms with van der Waals surface area (Å²) in [5.74, 6) is 0.600. The first-order chi connectivity index (χ1) is 5.20. The molecule has 0 aromatic heterocycles. The number of rotatable bonds is 1. The van der Waals surface area contributed by atoms with E-state index in [1.807, 2.05) is 6.21 Å². The zero-order valence-electron chi connectivity index (χ0n) is 7.41. The van der Waals surface area contributed by atoms with Gasteiger partial charge >= 0.3 is 0 Å². The van der Waals surface area contributed by atoms with Crippen LogP contribution in [0.25, 0.3) is 0 Å². The molecule has 0 bridgehead atoms. The summed E-state index contributed by atoms with van der Waals surface area (Å²) in [6.07, 6.45) is 8.29. The molecular formula is C10H15N. The Morgan fingerprint density at radius 3 is 2.82 bits per heavy atom. The van der Waals surface area contributed by atoms with Crippen molar-refractivity contribution >= 4 is 6.21 Å². The second-order valence-corrected chi connectivity index (χ2v) is 3.22. The van der Waals surface area contributed by atoms with E-state index in [2.05, 4.69) is 44.0 Å². The Hall–Kier alpha value is -0.850. The molecule has 11 heavy (non-hydrogen) atoms. The molecule has 0 N–H and O–H groups in total. The van der Waals surface area contributed by atoms with Gasteiger partial charge in [-0.2, -0.15) is 0 Å². The lowest BCUT2D eigenvalue weighted by molar-refractivity contribution is 0.792. The Morgan fingerprint density at radius 1 is 1.45 bits per heavy atom. The third-order valence-corrected chi connectivity index (χ3v) is 1.82. The fraction of sp³-hybridized carbons (Fsp3) is 0.500. The molecule has 0 aromatic rings. The molecule has 0 aromatic carbocycles. The second-order valence-electron chi connectivity index (χ2n) is 3.22. The standard InChI is InChI=1S/C10H15N/c1-8(2)10-5-4-9(3)11-7-6-10/h4-9H,1-3H3. The molecule has 1 rings (SSSR count). The van der Waals surface area contributed by atoms with Gasteiger partial charge in [-0.3, -0.25) is 4.99 Å². The molecular weight excluding hydrogens is 134 g/mol. The molecule has 1 heteroatoms. The quantitative estimate of drug-likeness (QED) is 0.543. The minimum absolute atomic E-state index is 0.336. The number of hydrogen-bond donors (Lipinski definition) is 0. The van der Waals surface area contributed by atoms with E-state index in [1.165, 1.54) is 5.57 Å². The summed E-state index contributed by atoms with van der Waals surface area (Å²) in [5, 5.41) is 0. The number of aliphatic imine (C=N–C) groups is 1. The first-order valence-corrected chi connectivity index (χ1v) is 4.11. The van der Waals surface area contributed by atoms with E-state index in [9.17, 15) is 0 Å². The summed E-state index contributed by atoms with van der Waals surface area (Å²) in [5.41, 5.74) is 1.36. The van der Waals surface area contributed by atoms with Crippen LogP contribution in [0.4, 0.5) is 0 Å². The van der Waals surface area contributed by atoms with Crippen LogP contribution in [0.5, 0.6) is 0 Å². The molecule has 1 unspecified atom stereocenters. The fourth-order valence-electron chi connectivity index (χ4n) is 1.01. The maximum atomic E-state index is 4.27. The van der Waals surface area contributed by atoms with Gasteiger partial charge in [0.25, 0.3) is 0 Å². The van der Waals surface area contributed by atoms with E-state index in [0.717, 1.165) is 0 Å². The van der Waals surface area contributed by atoms with Crippen molar-refractivity contribution < 1.29 is 0 Å². The molecule has 0 saturated carbocycles. The maximum absolute atomic E-state index is 4.27. The summed E-state index contributed by atoms with van der Waals surface area (Å²) in [4.78, 5) is 4.27. The number of hydrogen-bond acceptors (Lipinski definition) is 1. The number of allylic oxidation sites excluding steroid dienone is 3. The lowest BCUT2D eigenvalue weighted by Crippen LogP contribution is -1.90. The molecule has 0 radical (unpaired) electrons. The van der Waals surface area contributed by atoms with Gasteiger partial charge in [0.15, 0.2) is 0 Å². The lowest BCUT2D eigenvalue weighted by atomic mass is 10.0. The van der Waals surface area contributed by atoms with Crippen LogP contribution in [0, 0.1) is 5.92 Å². The topological polar surface area (TPSA) is 12.4 Å². The average Bonchev–Trinajstić information content (AvgIpc) is 2.13. The van der Waals surface area contributed by atoms with Gasteiger partial charge in [0.2, 0.25) is 0 Å². The lowest BCUT2D eigenvalue weighted by Gasteiger charge is -2.02. The third-order valence-electron chi connectivity index (χ3n) is 1.82. The summed E-state index contributed by atoms with van der Waals surface area (Å²) < 4.78 is 0. The Bertz CT molecular complexity index is 209. The van der Waals surface area contributed by atoms with Gasteiger partial charge in [-0.25, -0.2) is 0 Å². The van der Waals surface area contributed by atoms with E-state index < -0.39 is 0 Å². The molecule has 1 heterocycles. The molecule has 0 fully saturated rings. The largest absolute Gasteiger partial charge is 0.286 e. The van der Waals surface area contributed by atoms with Crippen molar-refractivity contribution in [2.24, 2.45) is 10.9 Å². The molecule has 60 valence electrons. The Kier molecular flexibility index (Phi) is 2.64. The highest BCUT2D eigenvalue weighted by Gasteiger charge is 2.01. The monoisotopic (exact) mass is 149 g/mol. The SMILES string of the molecule is CC1C=CC(C(C)C)=CC=N1. The van der Waals surface area contributed by atoms with E-state index >= 15 is 0 Å². The maximum Gasteiger partial charge on any atom is 0.0654 e. The van der Waals surface area contributed by atoms with Crippen molar-refractivity contribution in [2.45, 2.75) is 26.8 Å². The summed E-state index contributed by atoms with van der Waals surface area (Å²) >= 11 is 0. The van der Waals surface area contributed by atoms with Crippen molar-refractivity contribution in [3.63, 3.8) is 0 Å². The van der Waals surface area contributed by atoms with Gasteiger partial charge in [0, 0.05) is 6.21 Å². The van der Waals surface area contributed by atoms with Gasteiger partial charge < -0.3 is 0 Å². The highest BCUT2D eigenvalue weighted by Crippen LogP contribution is 2.12. The van der Waals surface area contributed by atoms with Crippen molar-refractivity contribution in [3.8, 4) is 0 Å². The molecule has 0 aliphatic carbocycles. The van der Waals surface area contributed by atoms with Crippen LogP contribution in [0.15, 0.2) is 28.8 Å². The molecule has 0 spiro atoms. The summed E-state index contributed by atoms with van der Waals surface area (Å²) in [6.45, 7) is 6.48. The highest BCUT2D eigenvalue weighted by molar-refractivity contribution is 5.74. The van der Waals surface area contributed by atoms with Gasteiger partial charge in [0.1, 0.15) is 0 Å². The summed E-state index contributed by atoms with van der Waals surface area (Å²) in [7, 11) is 0. The van der Waals surface area contributed by atoms with Crippen LogP contribution in [0.1, 0.15) is 20.8 Å². The van der Waals surface area contributed by atoms with Crippen molar-refractivity contribution in [1.82, 2.24) is 0 Å². The van der Waals surface area contributed by atoms with E-state index in [0.29, 0.717) is 12.0 Å². The zero-order chi connectivity index (χ0) is 8.27. The fourth-order valence-corrected chi connectivity index (χ4v) is 1.01. The van der Waals surface area contributed by atoms with E-state index in [4.69, 9.17) is 0 Å². The zero-order valence-corrected chi connectivity index (χ0v) is 7.41. The Labute approximate surface area is 68.5 Å². The minimum Gasteiger partial charge on any atom is -0.286 e. The average molecular weight is 149 g/mol. The van der Waals surface area contributed by atoms with Gasteiger partial charge in [-0.05, 0) is 24.5 Å². The highest BCUT2D eigenvalue weighted by atomic mass is 14.7.